The number of benzene rings is 9. The fourth-order valence-corrected chi connectivity index (χ4v) is 15.0. The lowest BCUT2D eigenvalue weighted by atomic mass is 9.86. The first kappa shape index (κ1) is 44.5. The molecule has 4 nitrogen and oxygen atoms in total. The Balaban J connectivity index is 1.23. The SMILES string of the molecule is CC(C)(C)c1ccc2c3ccc(C(C)(C)C)cc3n(-c3ccc(-c4cccc([Si](c5ccccc5)(c5ccccc5)c5ccccc5)c4)c(-c4nc(-c5ccccc5)nc(-c5ccccc5)n4)c3)c2c1. The van der Waals surface area contributed by atoms with E-state index in [4.69, 9.17) is 15.0 Å². The average molecular weight is 921 g/mol. The molecule has 0 saturated heterocycles. The maximum Gasteiger partial charge on any atom is 0.179 e. The Labute approximate surface area is 413 Å². The Morgan fingerprint density at radius 2 is 0.729 bits per heavy atom. The molecule has 5 heteroatoms. The van der Waals surface area contributed by atoms with Crippen LogP contribution in [0.5, 0.6) is 0 Å². The van der Waals surface area contributed by atoms with Crippen LogP contribution in [0, 0.1) is 0 Å². The molecule has 0 bridgehead atoms. The van der Waals surface area contributed by atoms with Gasteiger partial charge in [-0.1, -0.05) is 248 Å². The molecule has 0 fully saturated rings. The highest BCUT2D eigenvalue weighted by Crippen LogP contribution is 2.40. The minimum atomic E-state index is -2.87. The van der Waals surface area contributed by atoms with Crippen molar-refractivity contribution in [3.05, 3.63) is 242 Å². The molecule has 0 aliphatic carbocycles. The number of hydrogen-bond acceptors (Lipinski definition) is 3. The fourth-order valence-electron chi connectivity index (χ4n) is 10.3. The molecule has 70 heavy (non-hydrogen) atoms. The molecular formula is C65H56N4Si. The van der Waals surface area contributed by atoms with Gasteiger partial charge in [0.15, 0.2) is 25.5 Å². The summed E-state index contributed by atoms with van der Waals surface area (Å²) in [7, 11) is -2.87. The zero-order valence-corrected chi connectivity index (χ0v) is 41.7. The normalized spacial score (nSPS) is 12.1. The third kappa shape index (κ3) is 8.06. The molecule has 0 saturated carbocycles. The zero-order chi connectivity index (χ0) is 48.0. The molecule has 2 heterocycles. The maximum absolute atomic E-state index is 5.42. The minimum Gasteiger partial charge on any atom is -0.309 e. The van der Waals surface area contributed by atoms with Crippen molar-refractivity contribution in [1.29, 1.82) is 0 Å². The van der Waals surface area contributed by atoms with Crippen molar-refractivity contribution in [2.45, 2.75) is 52.4 Å². The lowest BCUT2D eigenvalue weighted by Gasteiger charge is -2.34. The Bertz CT molecular complexity index is 3420. The van der Waals surface area contributed by atoms with E-state index in [1.54, 1.807) is 0 Å². The summed E-state index contributed by atoms with van der Waals surface area (Å²) >= 11 is 0. The van der Waals surface area contributed by atoms with Gasteiger partial charge < -0.3 is 4.57 Å². The van der Waals surface area contributed by atoms with Crippen LogP contribution in [0.2, 0.25) is 0 Å². The predicted octanol–water partition coefficient (Wildman–Crippen LogP) is 13.6. The van der Waals surface area contributed by atoms with E-state index in [0.29, 0.717) is 17.5 Å². The van der Waals surface area contributed by atoms with Crippen LogP contribution in [0.25, 0.3) is 72.8 Å². The molecule has 0 radical (unpaired) electrons. The molecule has 0 N–H and O–H groups in total. The molecule has 2 aromatic heterocycles. The summed E-state index contributed by atoms with van der Waals surface area (Å²) in [5, 5.41) is 7.73. The van der Waals surface area contributed by atoms with E-state index in [9.17, 15) is 0 Å². The summed E-state index contributed by atoms with van der Waals surface area (Å²) in [5.41, 5.74) is 10.8. The standard InChI is InChI=1S/C65H56N4Si/c1-64(2,3)48-35-38-56-57-39-36-49(65(4,5)6)43-60(57)69(59(56)42-48)50-37-40-55(58(44-50)63-67-61(45-23-12-7-13-24-45)66-62(68-63)46-25-14-8-15-26-46)47-27-22-34-54(41-47)70(51-28-16-9-17-29-51,52-30-18-10-19-31-52)53-32-20-11-21-33-53/h7-44H,1-6H3. The van der Waals surface area contributed by atoms with Gasteiger partial charge in [0.1, 0.15) is 0 Å². The highest BCUT2D eigenvalue weighted by molar-refractivity contribution is 7.19. The Morgan fingerprint density at radius 1 is 0.329 bits per heavy atom. The van der Waals surface area contributed by atoms with Crippen molar-refractivity contribution in [3.63, 3.8) is 0 Å². The molecule has 0 spiro atoms. The van der Waals surface area contributed by atoms with Gasteiger partial charge in [-0.25, -0.2) is 15.0 Å². The monoisotopic (exact) mass is 920 g/mol. The Hall–Kier alpha value is -7.99. The topological polar surface area (TPSA) is 43.6 Å². The highest BCUT2D eigenvalue weighted by atomic mass is 28.3. The van der Waals surface area contributed by atoms with Crippen molar-refractivity contribution < 1.29 is 0 Å². The van der Waals surface area contributed by atoms with Crippen LogP contribution in [0.1, 0.15) is 52.7 Å². The van der Waals surface area contributed by atoms with Gasteiger partial charge in [0.05, 0.1) is 11.0 Å². The van der Waals surface area contributed by atoms with E-state index >= 15 is 0 Å². The lowest BCUT2D eigenvalue weighted by molar-refractivity contribution is 0.591. The molecule has 0 aliphatic rings. The quantitative estimate of drug-likeness (QED) is 0.107. The molecule has 0 aliphatic heterocycles. The molecule has 0 unspecified atom stereocenters. The minimum absolute atomic E-state index is 0.0452. The van der Waals surface area contributed by atoms with Crippen molar-refractivity contribution >= 4 is 50.6 Å². The number of hydrogen-bond donors (Lipinski definition) is 0. The molecular weight excluding hydrogens is 865 g/mol. The second kappa shape index (κ2) is 17.8. The van der Waals surface area contributed by atoms with Crippen molar-refractivity contribution in [2.75, 3.05) is 0 Å². The Morgan fingerprint density at radius 3 is 1.17 bits per heavy atom. The molecule has 11 aromatic rings. The third-order valence-corrected chi connectivity index (χ3v) is 18.7. The van der Waals surface area contributed by atoms with Crippen molar-refractivity contribution in [3.8, 4) is 51.0 Å². The van der Waals surface area contributed by atoms with E-state index in [-0.39, 0.29) is 10.8 Å². The van der Waals surface area contributed by atoms with Gasteiger partial charge in [0, 0.05) is 33.2 Å². The summed E-state index contributed by atoms with van der Waals surface area (Å²) in [6.07, 6.45) is 0. The van der Waals surface area contributed by atoms with E-state index in [2.05, 4.69) is 240 Å². The smallest absolute Gasteiger partial charge is 0.179 e. The largest absolute Gasteiger partial charge is 0.309 e. The van der Waals surface area contributed by atoms with E-state index in [1.807, 2.05) is 36.4 Å². The summed E-state index contributed by atoms with van der Waals surface area (Å²) in [5.74, 6) is 1.86. The van der Waals surface area contributed by atoms with Crippen LogP contribution >= 0.6 is 0 Å². The van der Waals surface area contributed by atoms with Gasteiger partial charge in [0.2, 0.25) is 0 Å². The van der Waals surface area contributed by atoms with Crippen LogP contribution < -0.4 is 20.7 Å². The third-order valence-electron chi connectivity index (χ3n) is 13.9. The second-order valence-electron chi connectivity index (χ2n) is 20.5. The first-order chi connectivity index (χ1) is 34.0. The zero-order valence-electron chi connectivity index (χ0n) is 40.7. The maximum atomic E-state index is 5.42. The Kier molecular flexibility index (Phi) is 11.3. The highest BCUT2D eigenvalue weighted by Gasteiger charge is 2.41. The van der Waals surface area contributed by atoms with E-state index in [1.165, 1.54) is 53.7 Å². The van der Waals surface area contributed by atoms with Gasteiger partial charge in [0.25, 0.3) is 0 Å². The van der Waals surface area contributed by atoms with Gasteiger partial charge in [-0.15, -0.1) is 0 Å². The van der Waals surface area contributed by atoms with Crippen molar-refractivity contribution in [1.82, 2.24) is 19.5 Å². The van der Waals surface area contributed by atoms with Gasteiger partial charge in [-0.3, -0.25) is 0 Å². The first-order valence-corrected chi connectivity index (χ1v) is 26.4. The molecule has 0 amide bonds. The van der Waals surface area contributed by atoms with Gasteiger partial charge in [-0.2, -0.15) is 0 Å². The molecule has 0 atom stereocenters. The number of nitrogens with zero attached hydrogens (tertiary/aromatic N) is 4. The van der Waals surface area contributed by atoms with Crippen LogP contribution in [-0.2, 0) is 10.8 Å². The first-order valence-electron chi connectivity index (χ1n) is 24.4. The summed E-state index contributed by atoms with van der Waals surface area (Å²) in [6, 6.07) is 84.2. The van der Waals surface area contributed by atoms with Crippen LogP contribution in [0.4, 0.5) is 0 Å². The molecule has 9 aromatic carbocycles. The molecule has 340 valence electrons. The summed E-state index contributed by atoms with van der Waals surface area (Å²) in [4.78, 5) is 16.0. The predicted molar refractivity (Wildman–Crippen MR) is 297 cm³/mol. The van der Waals surface area contributed by atoms with Gasteiger partial charge >= 0.3 is 0 Å². The van der Waals surface area contributed by atoms with Crippen LogP contribution in [-0.4, -0.2) is 27.6 Å². The molecule has 11 rings (SSSR count). The summed E-state index contributed by atoms with van der Waals surface area (Å²) in [6.45, 7) is 13.8. The van der Waals surface area contributed by atoms with Crippen LogP contribution in [0.15, 0.2) is 231 Å². The van der Waals surface area contributed by atoms with Crippen LogP contribution in [0.3, 0.4) is 0 Å². The lowest BCUT2D eigenvalue weighted by Crippen LogP contribution is -2.74. The average Bonchev–Trinajstić information content (AvgIpc) is 3.73. The second-order valence-corrected chi connectivity index (χ2v) is 24.3. The fraction of sp³-hybridized carbons (Fsp3) is 0.123. The van der Waals surface area contributed by atoms with E-state index < -0.39 is 8.07 Å². The number of fused-ring (bicyclic) bond motifs is 3. The number of aromatic nitrogens is 4. The number of rotatable bonds is 9. The van der Waals surface area contributed by atoms with E-state index in [0.717, 1.165) is 33.5 Å². The van der Waals surface area contributed by atoms with Gasteiger partial charge in [-0.05, 0) is 78.1 Å². The van der Waals surface area contributed by atoms with Crippen molar-refractivity contribution in [2.24, 2.45) is 0 Å². The summed E-state index contributed by atoms with van der Waals surface area (Å²) < 4.78 is 2.47.